The molecule has 0 aliphatic heterocycles. The molecule has 134 valence electrons. The summed E-state index contributed by atoms with van der Waals surface area (Å²) in [6.07, 6.45) is 1.81. The van der Waals surface area contributed by atoms with Crippen LogP contribution in [0.25, 0.3) is 11.4 Å². The van der Waals surface area contributed by atoms with Gasteiger partial charge in [-0.15, -0.1) is 0 Å². The fraction of sp³-hybridized carbons (Fsp3) is 0.286. The summed E-state index contributed by atoms with van der Waals surface area (Å²) < 4.78 is 5.26. The molecule has 0 spiro atoms. The van der Waals surface area contributed by atoms with Crippen LogP contribution >= 0.6 is 0 Å². The lowest BCUT2D eigenvalue weighted by molar-refractivity contribution is -0.130. The van der Waals surface area contributed by atoms with Gasteiger partial charge in [0.1, 0.15) is 0 Å². The molecule has 3 rings (SSSR count). The Hall–Kier alpha value is -2.95. The molecule has 0 saturated heterocycles. The van der Waals surface area contributed by atoms with Crippen molar-refractivity contribution < 1.29 is 9.32 Å². The lowest BCUT2D eigenvalue weighted by Crippen LogP contribution is -2.26. The van der Waals surface area contributed by atoms with Gasteiger partial charge in [0.05, 0.1) is 0 Å². The first-order valence-electron chi connectivity index (χ1n) is 8.85. The van der Waals surface area contributed by atoms with Crippen molar-refractivity contribution in [3.05, 3.63) is 71.6 Å². The molecule has 1 heterocycles. The highest BCUT2D eigenvalue weighted by Crippen LogP contribution is 2.16. The molecule has 0 atom stereocenters. The summed E-state index contributed by atoms with van der Waals surface area (Å²) in [4.78, 5) is 18.5. The zero-order valence-corrected chi connectivity index (χ0v) is 15.2. The highest BCUT2D eigenvalue weighted by atomic mass is 16.5. The van der Waals surface area contributed by atoms with E-state index in [9.17, 15) is 4.79 Å². The Kier molecular flexibility index (Phi) is 5.79. The monoisotopic (exact) mass is 349 g/mol. The number of hydrogen-bond acceptors (Lipinski definition) is 4. The Bertz CT molecular complexity index is 841. The van der Waals surface area contributed by atoms with Gasteiger partial charge in [0, 0.05) is 32.0 Å². The SMILES string of the molecule is CCc1ccc(CN(C)C(=O)CCc2nc(-c3ccccc3)no2)cc1. The predicted molar refractivity (Wildman–Crippen MR) is 100 cm³/mol. The molecular formula is C21H23N3O2. The lowest BCUT2D eigenvalue weighted by atomic mass is 10.1. The number of benzene rings is 2. The Morgan fingerprint density at radius 1 is 1.04 bits per heavy atom. The molecular weight excluding hydrogens is 326 g/mol. The summed E-state index contributed by atoms with van der Waals surface area (Å²) in [5.74, 6) is 1.10. The molecule has 0 saturated carbocycles. The first kappa shape index (κ1) is 17.9. The van der Waals surface area contributed by atoms with Gasteiger partial charge in [0.25, 0.3) is 0 Å². The maximum absolute atomic E-state index is 12.4. The standard InChI is InChI=1S/C21H23N3O2/c1-3-16-9-11-17(12-10-16)15-24(2)20(25)14-13-19-22-21(23-26-19)18-7-5-4-6-8-18/h4-12H,3,13-15H2,1-2H3. The van der Waals surface area contributed by atoms with E-state index in [1.165, 1.54) is 5.56 Å². The molecule has 0 unspecified atom stereocenters. The third-order valence-electron chi connectivity index (χ3n) is 4.33. The average molecular weight is 349 g/mol. The minimum absolute atomic E-state index is 0.0593. The van der Waals surface area contributed by atoms with Crippen molar-refractivity contribution in [3.8, 4) is 11.4 Å². The molecule has 2 aromatic carbocycles. The van der Waals surface area contributed by atoms with E-state index in [-0.39, 0.29) is 5.91 Å². The fourth-order valence-electron chi connectivity index (χ4n) is 2.71. The minimum Gasteiger partial charge on any atom is -0.341 e. The smallest absolute Gasteiger partial charge is 0.227 e. The van der Waals surface area contributed by atoms with Crippen LogP contribution in [-0.4, -0.2) is 28.0 Å². The minimum atomic E-state index is 0.0593. The summed E-state index contributed by atoms with van der Waals surface area (Å²) in [6, 6.07) is 18.0. The molecule has 26 heavy (non-hydrogen) atoms. The van der Waals surface area contributed by atoms with Crippen LogP contribution in [0.3, 0.4) is 0 Å². The summed E-state index contributed by atoms with van der Waals surface area (Å²) >= 11 is 0. The highest BCUT2D eigenvalue weighted by Gasteiger charge is 2.13. The van der Waals surface area contributed by atoms with Crippen molar-refractivity contribution >= 4 is 5.91 Å². The first-order chi connectivity index (χ1) is 12.7. The molecule has 5 nitrogen and oxygen atoms in total. The van der Waals surface area contributed by atoms with Crippen molar-refractivity contribution in [3.63, 3.8) is 0 Å². The van der Waals surface area contributed by atoms with E-state index in [1.807, 2.05) is 37.4 Å². The van der Waals surface area contributed by atoms with E-state index in [1.54, 1.807) is 4.90 Å². The van der Waals surface area contributed by atoms with Crippen LogP contribution in [0.2, 0.25) is 0 Å². The van der Waals surface area contributed by atoms with Crippen LogP contribution in [0.4, 0.5) is 0 Å². The molecule has 0 radical (unpaired) electrons. The van der Waals surface area contributed by atoms with Crippen molar-refractivity contribution in [1.29, 1.82) is 0 Å². The van der Waals surface area contributed by atoms with Crippen LogP contribution in [0.1, 0.15) is 30.4 Å². The second kappa shape index (κ2) is 8.43. The van der Waals surface area contributed by atoms with E-state index in [2.05, 4.69) is 41.3 Å². The number of carbonyl (C=O) groups excluding carboxylic acids is 1. The topological polar surface area (TPSA) is 59.2 Å². The first-order valence-corrected chi connectivity index (χ1v) is 8.85. The van der Waals surface area contributed by atoms with Crippen LogP contribution in [-0.2, 0) is 24.2 Å². The van der Waals surface area contributed by atoms with Gasteiger partial charge in [0.15, 0.2) is 0 Å². The fourth-order valence-corrected chi connectivity index (χ4v) is 2.71. The van der Waals surface area contributed by atoms with Gasteiger partial charge in [-0.2, -0.15) is 4.98 Å². The average Bonchev–Trinajstić information content (AvgIpc) is 3.16. The van der Waals surface area contributed by atoms with Crippen LogP contribution in [0.5, 0.6) is 0 Å². The third-order valence-corrected chi connectivity index (χ3v) is 4.33. The number of rotatable bonds is 7. The molecule has 0 N–H and O–H groups in total. The number of amides is 1. The number of aromatic nitrogens is 2. The van der Waals surface area contributed by atoms with Gasteiger partial charge in [0.2, 0.25) is 17.6 Å². The highest BCUT2D eigenvalue weighted by molar-refractivity contribution is 5.76. The molecule has 5 heteroatoms. The third kappa shape index (κ3) is 4.57. The summed E-state index contributed by atoms with van der Waals surface area (Å²) in [5.41, 5.74) is 3.33. The quantitative estimate of drug-likeness (QED) is 0.649. The second-order valence-electron chi connectivity index (χ2n) is 6.30. The van der Waals surface area contributed by atoms with Crippen molar-refractivity contribution in [1.82, 2.24) is 15.0 Å². The maximum atomic E-state index is 12.4. The number of nitrogens with zero attached hydrogens (tertiary/aromatic N) is 3. The van der Waals surface area contributed by atoms with E-state index in [4.69, 9.17) is 4.52 Å². The predicted octanol–water partition coefficient (Wildman–Crippen LogP) is 3.89. The van der Waals surface area contributed by atoms with Crippen LogP contribution < -0.4 is 0 Å². The largest absolute Gasteiger partial charge is 0.341 e. The Morgan fingerprint density at radius 2 is 1.73 bits per heavy atom. The maximum Gasteiger partial charge on any atom is 0.227 e. The molecule has 0 aliphatic carbocycles. The molecule has 0 aliphatic rings. The van der Waals surface area contributed by atoms with Gasteiger partial charge < -0.3 is 9.42 Å². The second-order valence-corrected chi connectivity index (χ2v) is 6.30. The Balaban J connectivity index is 1.52. The number of aryl methyl sites for hydroxylation is 2. The summed E-state index contributed by atoms with van der Waals surface area (Å²) in [6.45, 7) is 2.73. The van der Waals surface area contributed by atoms with Crippen molar-refractivity contribution in [2.45, 2.75) is 32.7 Å². The van der Waals surface area contributed by atoms with Crippen molar-refractivity contribution in [2.24, 2.45) is 0 Å². The normalized spacial score (nSPS) is 10.7. The summed E-state index contributed by atoms with van der Waals surface area (Å²) in [7, 11) is 1.82. The van der Waals surface area contributed by atoms with Gasteiger partial charge in [-0.1, -0.05) is 66.7 Å². The molecule has 1 aromatic heterocycles. The van der Waals surface area contributed by atoms with E-state index in [0.29, 0.717) is 31.1 Å². The van der Waals surface area contributed by atoms with Gasteiger partial charge in [-0.25, -0.2) is 0 Å². The van der Waals surface area contributed by atoms with Crippen LogP contribution in [0.15, 0.2) is 59.1 Å². The zero-order chi connectivity index (χ0) is 18.4. The van der Waals surface area contributed by atoms with Gasteiger partial charge >= 0.3 is 0 Å². The van der Waals surface area contributed by atoms with E-state index < -0.39 is 0 Å². The van der Waals surface area contributed by atoms with E-state index in [0.717, 1.165) is 17.5 Å². The lowest BCUT2D eigenvalue weighted by Gasteiger charge is -2.17. The Morgan fingerprint density at radius 3 is 2.42 bits per heavy atom. The molecule has 1 amide bonds. The van der Waals surface area contributed by atoms with Gasteiger partial charge in [-0.3, -0.25) is 4.79 Å². The Labute approximate surface area is 153 Å². The van der Waals surface area contributed by atoms with E-state index >= 15 is 0 Å². The van der Waals surface area contributed by atoms with Gasteiger partial charge in [-0.05, 0) is 17.5 Å². The molecule has 3 aromatic rings. The van der Waals surface area contributed by atoms with Crippen LogP contribution in [0, 0.1) is 0 Å². The van der Waals surface area contributed by atoms with Crippen molar-refractivity contribution in [2.75, 3.05) is 7.05 Å². The summed E-state index contributed by atoms with van der Waals surface area (Å²) in [5, 5.41) is 3.98. The number of carbonyl (C=O) groups is 1. The number of hydrogen-bond donors (Lipinski definition) is 0. The molecule has 0 bridgehead atoms. The molecule has 0 fully saturated rings. The zero-order valence-electron chi connectivity index (χ0n) is 15.2.